The number of nitrogens with one attached hydrogen (secondary N) is 4. The molecule has 0 spiro atoms. The average molecular weight is 353 g/mol. The van der Waals surface area contributed by atoms with Crippen molar-refractivity contribution in [3.63, 3.8) is 0 Å². The van der Waals surface area contributed by atoms with E-state index < -0.39 is 0 Å². The normalized spacial score (nSPS) is 18.8. The van der Waals surface area contributed by atoms with Gasteiger partial charge in [0.15, 0.2) is 0 Å². The van der Waals surface area contributed by atoms with Crippen LogP contribution in [0, 0.1) is 5.92 Å². The first-order valence-corrected chi connectivity index (χ1v) is 7.83. The first-order valence-electron chi connectivity index (χ1n) is 7.04. The summed E-state index contributed by atoms with van der Waals surface area (Å²) in [5, 5.41) is 6.22. The minimum absolute atomic E-state index is 0.00151. The molecule has 1 aromatic heterocycles. The van der Waals surface area contributed by atoms with Crippen LogP contribution in [0.5, 0.6) is 0 Å². The topological polar surface area (TPSA) is 89.8 Å². The number of carbonyl (C=O) groups excluding carboxylic acids is 1. The van der Waals surface area contributed by atoms with Gasteiger partial charge in [-0.2, -0.15) is 0 Å². The molecule has 1 atom stereocenters. The van der Waals surface area contributed by atoms with E-state index in [4.69, 9.17) is 0 Å². The molecule has 0 bridgehead atoms. The predicted molar refractivity (Wildman–Crippen MR) is 85.5 cm³/mol. The Morgan fingerprint density at radius 1 is 1.33 bits per heavy atom. The Labute approximate surface area is 129 Å². The van der Waals surface area contributed by atoms with Gasteiger partial charge in [-0.1, -0.05) is 0 Å². The molecule has 3 rings (SSSR count). The molecular weight excluding hydrogens is 336 g/mol. The molecule has 1 aliphatic rings. The molecule has 1 unspecified atom stereocenters. The fraction of sp³-hybridized carbons (Fsp3) is 0.429. The van der Waals surface area contributed by atoms with E-state index in [9.17, 15) is 9.59 Å². The van der Waals surface area contributed by atoms with Crippen molar-refractivity contribution in [1.82, 2.24) is 15.3 Å². The zero-order valence-corrected chi connectivity index (χ0v) is 13.0. The molecule has 112 valence electrons. The van der Waals surface area contributed by atoms with E-state index in [1.54, 1.807) is 12.1 Å². The van der Waals surface area contributed by atoms with Gasteiger partial charge in [-0.15, -0.1) is 0 Å². The molecule has 1 aliphatic heterocycles. The molecule has 0 radical (unpaired) electrons. The number of piperidine rings is 1. The van der Waals surface area contributed by atoms with Crippen LogP contribution < -0.4 is 16.3 Å². The van der Waals surface area contributed by atoms with Gasteiger partial charge in [-0.05, 0) is 59.9 Å². The number of aromatic nitrogens is 2. The number of hydrogen-bond acceptors (Lipinski definition) is 3. The molecule has 2 heterocycles. The predicted octanol–water partition coefficient (Wildman–Crippen LogP) is 1.95. The molecule has 21 heavy (non-hydrogen) atoms. The van der Waals surface area contributed by atoms with Crippen LogP contribution in [0.15, 0.2) is 21.4 Å². The molecule has 0 aliphatic carbocycles. The number of imidazole rings is 1. The number of halogens is 1. The Hall–Kier alpha value is -1.60. The summed E-state index contributed by atoms with van der Waals surface area (Å²) >= 11 is 3.42. The fourth-order valence-corrected chi connectivity index (χ4v) is 3.16. The Bertz CT molecular complexity index is 715. The third-order valence-electron chi connectivity index (χ3n) is 3.75. The third kappa shape index (κ3) is 3.36. The van der Waals surface area contributed by atoms with Gasteiger partial charge in [0, 0.05) is 10.9 Å². The highest BCUT2D eigenvalue weighted by atomic mass is 79.9. The van der Waals surface area contributed by atoms with Gasteiger partial charge in [0.05, 0.1) is 16.7 Å². The average Bonchev–Trinajstić information content (AvgIpc) is 2.79. The Kier molecular flexibility index (Phi) is 4.12. The maximum Gasteiger partial charge on any atom is 0.323 e. The Balaban J connectivity index is 1.72. The summed E-state index contributed by atoms with van der Waals surface area (Å²) in [6.07, 6.45) is 2.73. The number of benzene rings is 1. The zero-order chi connectivity index (χ0) is 14.8. The number of fused-ring (bicyclic) bond motifs is 1. The highest BCUT2D eigenvalue weighted by Gasteiger charge is 2.17. The van der Waals surface area contributed by atoms with E-state index in [1.165, 1.54) is 0 Å². The van der Waals surface area contributed by atoms with Crippen molar-refractivity contribution in [1.29, 1.82) is 0 Å². The number of carbonyl (C=O) groups is 1. The second-order valence-corrected chi connectivity index (χ2v) is 6.28. The number of hydrogen-bond donors (Lipinski definition) is 4. The summed E-state index contributed by atoms with van der Waals surface area (Å²) < 4.78 is 0.750. The summed E-state index contributed by atoms with van der Waals surface area (Å²) in [6.45, 7) is 1.94. The van der Waals surface area contributed by atoms with Crippen LogP contribution in [0.3, 0.4) is 0 Å². The first kappa shape index (κ1) is 14.3. The number of H-pyrrole nitrogens is 2. The lowest BCUT2D eigenvalue weighted by atomic mass is 9.96. The second kappa shape index (κ2) is 6.03. The van der Waals surface area contributed by atoms with Crippen LogP contribution >= 0.6 is 15.9 Å². The smallest absolute Gasteiger partial charge is 0.323 e. The zero-order valence-electron chi connectivity index (χ0n) is 11.5. The minimum Gasteiger partial charge on any atom is -0.325 e. The molecule has 6 nitrogen and oxygen atoms in total. The van der Waals surface area contributed by atoms with Gasteiger partial charge >= 0.3 is 5.69 Å². The lowest BCUT2D eigenvalue weighted by Crippen LogP contribution is -2.32. The number of amides is 1. The molecule has 1 saturated heterocycles. The summed E-state index contributed by atoms with van der Waals surface area (Å²) in [5.74, 6) is 0.398. The maximum atomic E-state index is 12.1. The van der Waals surface area contributed by atoms with Crippen LogP contribution in [0.1, 0.15) is 19.3 Å². The standard InChI is InChI=1S/C14H17BrN4O2/c15-9-5-11-12(19-14(21)18-11)6-10(9)17-13(20)4-8-2-1-3-16-7-8/h5-6,8,16H,1-4,7H2,(H,17,20)(H2,18,19,21). The van der Waals surface area contributed by atoms with Crippen molar-refractivity contribution in [2.24, 2.45) is 5.92 Å². The van der Waals surface area contributed by atoms with Gasteiger partial charge in [-0.25, -0.2) is 4.79 Å². The van der Waals surface area contributed by atoms with Gasteiger partial charge < -0.3 is 20.6 Å². The van der Waals surface area contributed by atoms with Crippen LogP contribution in [-0.4, -0.2) is 29.0 Å². The number of aromatic amines is 2. The molecule has 2 aromatic rings. The summed E-state index contributed by atoms with van der Waals surface area (Å²) in [4.78, 5) is 28.8. The maximum absolute atomic E-state index is 12.1. The lowest BCUT2D eigenvalue weighted by molar-refractivity contribution is -0.117. The quantitative estimate of drug-likeness (QED) is 0.680. The molecule has 7 heteroatoms. The second-order valence-electron chi connectivity index (χ2n) is 5.42. The summed E-state index contributed by atoms with van der Waals surface area (Å²) in [5.41, 5.74) is 1.80. The van der Waals surface area contributed by atoms with Crippen molar-refractivity contribution in [3.8, 4) is 0 Å². The van der Waals surface area contributed by atoms with E-state index in [1.807, 2.05) is 0 Å². The van der Waals surface area contributed by atoms with Crippen LogP contribution in [0.25, 0.3) is 11.0 Å². The van der Waals surface area contributed by atoms with Crippen LogP contribution in [0.4, 0.5) is 5.69 Å². The Morgan fingerprint density at radius 3 is 2.81 bits per heavy atom. The highest BCUT2D eigenvalue weighted by molar-refractivity contribution is 9.10. The third-order valence-corrected chi connectivity index (χ3v) is 4.41. The SMILES string of the molecule is O=C(CC1CCCNC1)Nc1cc2[nH]c(=O)[nH]c2cc1Br. The van der Waals surface area contributed by atoms with Crippen molar-refractivity contribution < 1.29 is 4.79 Å². The van der Waals surface area contributed by atoms with Crippen molar-refractivity contribution in [2.45, 2.75) is 19.3 Å². The summed E-state index contributed by atoms with van der Waals surface area (Å²) in [6, 6.07) is 3.54. The molecule has 1 aromatic carbocycles. The molecular formula is C14H17BrN4O2. The largest absolute Gasteiger partial charge is 0.325 e. The van der Waals surface area contributed by atoms with E-state index in [0.29, 0.717) is 29.1 Å². The molecule has 4 N–H and O–H groups in total. The van der Waals surface area contributed by atoms with Crippen molar-refractivity contribution >= 4 is 38.6 Å². The number of anilines is 1. The molecule has 1 fully saturated rings. The van der Waals surface area contributed by atoms with Gasteiger partial charge in [-0.3, -0.25) is 4.79 Å². The van der Waals surface area contributed by atoms with Crippen molar-refractivity contribution in [3.05, 3.63) is 27.1 Å². The summed E-state index contributed by atoms with van der Waals surface area (Å²) in [7, 11) is 0. The van der Waals surface area contributed by atoms with Gasteiger partial charge in [0.1, 0.15) is 0 Å². The van der Waals surface area contributed by atoms with E-state index >= 15 is 0 Å². The van der Waals surface area contributed by atoms with E-state index in [0.717, 1.165) is 30.4 Å². The van der Waals surface area contributed by atoms with E-state index in [2.05, 4.69) is 36.5 Å². The first-order chi connectivity index (χ1) is 10.1. The molecule has 0 saturated carbocycles. The van der Waals surface area contributed by atoms with Crippen molar-refractivity contribution in [2.75, 3.05) is 18.4 Å². The molecule has 1 amide bonds. The number of rotatable bonds is 3. The van der Waals surface area contributed by atoms with Gasteiger partial charge in [0.25, 0.3) is 0 Å². The van der Waals surface area contributed by atoms with Crippen LogP contribution in [0.2, 0.25) is 0 Å². The van der Waals surface area contributed by atoms with E-state index in [-0.39, 0.29) is 11.6 Å². The minimum atomic E-state index is -0.256. The lowest BCUT2D eigenvalue weighted by Gasteiger charge is -2.22. The van der Waals surface area contributed by atoms with Gasteiger partial charge in [0.2, 0.25) is 5.91 Å². The Morgan fingerprint density at radius 2 is 2.10 bits per heavy atom. The monoisotopic (exact) mass is 352 g/mol. The fourth-order valence-electron chi connectivity index (χ4n) is 2.71. The van der Waals surface area contributed by atoms with Crippen LogP contribution in [-0.2, 0) is 4.79 Å². The highest BCUT2D eigenvalue weighted by Crippen LogP contribution is 2.27.